The standard InChI is InChI=1S/C22H16O4/c23-16-11-12-17-18(13-16)26-22(15-9-5-2-6-10-15)19(21(17)25)20(24)14-7-3-1-4-8-14/h1-13,19,22-23H/t19-,22+/m1/s1. The summed E-state index contributed by atoms with van der Waals surface area (Å²) in [6.07, 6.45) is -0.745. The molecule has 0 saturated heterocycles. The summed E-state index contributed by atoms with van der Waals surface area (Å²) < 4.78 is 6.02. The molecule has 4 nitrogen and oxygen atoms in total. The molecule has 0 saturated carbocycles. The zero-order chi connectivity index (χ0) is 18.1. The normalized spacial score (nSPS) is 18.7. The van der Waals surface area contributed by atoms with Gasteiger partial charge in [0.1, 0.15) is 23.5 Å². The van der Waals surface area contributed by atoms with E-state index in [0.29, 0.717) is 16.9 Å². The van der Waals surface area contributed by atoms with Crippen LogP contribution in [0, 0.1) is 5.92 Å². The lowest BCUT2D eigenvalue weighted by molar-refractivity contribution is 0.0569. The fourth-order valence-electron chi connectivity index (χ4n) is 3.26. The maximum absolute atomic E-state index is 13.1. The van der Waals surface area contributed by atoms with E-state index < -0.39 is 12.0 Å². The van der Waals surface area contributed by atoms with E-state index in [1.807, 2.05) is 36.4 Å². The second-order valence-electron chi connectivity index (χ2n) is 6.20. The fraction of sp³-hybridized carbons (Fsp3) is 0.0909. The predicted molar refractivity (Wildman–Crippen MR) is 96.5 cm³/mol. The maximum Gasteiger partial charge on any atom is 0.181 e. The van der Waals surface area contributed by atoms with Gasteiger partial charge in [-0.2, -0.15) is 0 Å². The highest BCUT2D eigenvalue weighted by Crippen LogP contribution is 2.41. The molecule has 0 radical (unpaired) electrons. The van der Waals surface area contributed by atoms with E-state index >= 15 is 0 Å². The van der Waals surface area contributed by atoms with Crippen LogP contribution < -0.4 is 4.74 Å². The number of carbonyl (C=O) groups is 2. The Hall–Kier alpha value is -3.40. The number of phenolic OH excluding ortho intramolecular Hbond substituents is 1. The molecule has 0 amide bonds. The molecule has 1 N–H and O–H groups in total. The highest BCUT2D eigenvalue weighted by molar-refractivity contribution is 6.18. The van der Waals surface area contributed by atoms with Crippen molar-refractivity contribution >= 4 is 11.6 Å². The Kier molecular flexibility index (Phi) is 4.01. The van der Waals surface area contributed by atoms with Crippen molar-refractivity contribution in [2.45, 2.75) is 6.10 Å². The second kappa shape index (κ2) is 6.48. The van der Waals surface area contributed by atoms with Gasteiger partial charge in [-0.1, -0.05) is 60.7 Å². The lowest BCUT2D eigenvalue weighted by Crippen LogP contribution is -2.37. The molecule has 3 aromatic rings. The van der Waals surface area contributed by atoms with Gasteiger partial charge in [-0.05, 0) is 17.7 Å². The van der Waals surface area contributed by atoms with Gasteiger partial charge < -0.3 is 9.84 Å². The van der Waals surface area contributed by atoms with E-state index in [1.54, 1.807) is 24.3 Å². The van der Waals surface area contributed by atoms with Crippen LogP contribution in [-0.4, -0.2) is 16.7 Å². The Bertz CT molecular complexity index is 964. The molecule has 1 aliphatic rings. The molecular weight excluding hydrogens is 328 g/mol. The van der Waals surface area contributed by atoms with Crippen LogP contribution in [0.3, 0.4) is 0 Å². The van der Waals surface area contributed by atoms with E-state index in [-0.39, 0.29) is 17.3 Å². The summed E-state index contributed by atoms with van der Waals surface area (Å²) in [4.78, 5) is 26.3. The number of rotatable bonds is 3. The number of phenols is 1. The fourth-order valence-corrected chi connectivity index (χ4v) is 3.26. The second-order valence-corrected chi connectivity index (χ2v) is 6.20. The molecule has 3 aromatic carbocycles. The zero-order valence-electron chi connectivity index (χ0n) is 13.8. The van der Waals surface area contributed by atoms with Crippen molar-refractivity contribution in [2.24, 2.45) is 5.92 Å². The molecule has 4 rings (SSSR count). The van der Waals surface area contributed by atoms with Crippen molar-refractivity contribution in [1.82, 2.24) is 0 Å². The van der Waals surface area contributed by atoms with Crippen LogP contribution in [0.2, 0.25) is 0 Å². The number of ketones is 2. The minimum absolute atomic E-state index is 0.0104. The lowest BCUT2D eigenvalue weighted by atomic mass is 9.81. The average Bonchev–Trinajstić information content (AvgIpc) is 2.68. The Morgan fingerprint density at radius 2 is 1.54 bits per heavy atom. The number of fused-ring (bicyclic) bond motifs is 1. The van der Waals surface area contributed by atoms with E-state index in [4.69, 9.17) is 4.74 Å². The largest absolute Gasteiger partial charge is 0.508 e. The molecule has 1 aliphatic heterocycles. The summed E-state index contributed by atoms with van der Waals surface area (Å²) in [7, 11) is 0. The summed E-state index contributed by atoms with van der Waals surface area (Å²) in [6, 6.07) is 22.3. The SMILES string of the molecule is O=C(c1ccccc1)[C@@H]1C(=O)c2ccc(O)cc2O[C@H]1c1ccccc1. The van der Waals surface area contributed by atoms with Gasteiger partial charge in [-0.15, -0.1) is 0 Å². The van der Waals surface area contributed by atoms with E-state index in [0.717, 1.165) is 5.56 Å². The molecule has 0 fully saturated rings. The van der Waals surface area contributed by atoms with Crippen LogP contribution in [-0.2, 0) is 0 Å². The van der Waals surface area contributed by atoms with Crippen LogP contribution in [0.15, 0.2) is 78.9 Å². The minimum Gasteiger partial charge on any atom is -0.508 e. The number of hydrogen-bond donors (Lipinski definition) is 1. The Balaban J connectivity index is 1.84. The highest BCUT2D eigenvalue weighted by Gasteiger charge is 2.43. The number of benzene rings is 3. The summed E-state index contributed by atoms with van der Waals surface area (Å²) in [5.74, 6) is -1.24. The lowest BCUT2D eigenvalue weighted by Gasteiger charge is -2.32. The molecule has 0 bridgehead atoms. The van der Waals surface area contributed by atoms with Crippen LogP contribution in [0.5, 0.6) is 11.5 Å². The molecule has 0 aliphatic carbocycles. The zero-order valence-corrected chi connectivity index (χ0v) is 13.8. The van der Waals surface area contributed by atoms with Gasteiger partial charge in [0, 0.05) is 11.6 Å². The minimum atomic E-state index is -0.975. The maximum atomic E-state index is 13.1. The van der Waals surface area contributed by atoms with Gasteiger partial charge in [0.15, 0.2) is 11.6 Å². The Morgan fingerprint density at radius 3 is 2.23 bits per heavy atom. The number of ether oxygens (including phenoxy) is 1. The van der Waals surface area contributed by atoms with E-state index in [9.17, 15) is 14.7 Å². The van der Waals surface area contributed by atoms with Crippen molar-refractivity contribution in [1.29, 1.82) is 0 Å². The van der Waals surface area contributed by atoms with Gasteiger partial charge in [-0.3, -0.25) is 9.59 Å². The highest BCUT2D eigenvalue weighted by atomic mass is 16.5. The third kappa shape index (κ3) is 2.75. The molecule has 26 heavy (non-hydrogen) atoms. The predicted octanol–water partition coefficient (Wildman–Crippen LogP) is 4.21. The molecule has 0 spiro atoms. The van der Waals surface area contributed by atoms with Gasteiger partial charge >= 0.3 is 0 Å². The number of aromatic hydroxyl groups is 1. The van der Waals surface area contributed by atoms with E-state index in [1.165, 1.54) is 18.2 Å². The summed E-state index contributed by atoms with van der Waals surface area (Å²) in [6.45, 7) is 0. The third-order valence-electron chi connectivity index (χ3n) is 4.54. The summed E-state index contributed by atoms with van der Waals surface area (Å²) >= 11 is 0. The van der Waals surface area contributed by atoms with Crippen LogP contribution in [0.1, 0.15) is 32.4 Å². The van der Waals surface area contributed by atoms with Gasteiger partial charge in [0.05, 0.1) is 5.56 Å². The number of Topliss-reactive ketones (excluding diaryl/α,β-unsaturated/α-hetero) is 2. The van der Waals surface area contributed by atoms with Gasteiger partial charge in [-0.25, -0.2) is 0 Å². The molecule has 128 valence electrons. The first-order valence-corrected chi connectivity index (χ1v) is 8.33. The molecule has 0 unspecified atom stereocenters. The molecule has 1 heterocycles. The Labute approximate surface area is 150 Å². The first-order valence-electron chi connectivity index (χ1n) is 8.33. The van der Waals surface area contributed by atoms with E-state index in [2.05, 4.69) is 0 Å². The van der Waals surface area contributed by atoms with Crippen molar-refractivity contribution in [3.8, 4) is 11.5 Å². The van der Waals surface area contributed by atoms with Crippen molar-refractivity contribution in [3.05, 3.63) is 95.6 Å². The monoisotopic (exact) mass is 344 g/mol. The smallest absolute Gasteiger partial charge is 0.181 e. The van der Waals surface area contributed by atoms with Crippen LogP contribution in [0.4, 0.5) is 0 Å². The first-order chi connectivity index (χ1) is 12.6. The van der Waals surface area contributed by atoms with Crippen LogP contribution in [0.25, 0.3) is 0 Å². The Morgan fingerprint density at radius 1 is 0.885 bits per heavy atom. The van der Waals surface area contributed by atoms with Crippen LogP contribution >= 0.6 is 0 Å². The number of carbonyl (C=O) groups excluding carboxylic acids is 2. The topological polar surface area (TPSA) is 63.6 Å². The van der Waals surface area contributed by atoms with Crippen molar-refractivity contribution in [3.63, 3.8) is 0 Å². The van der Waals surface area contributed by atoms with Crippen molar-refractivity contribution < 1.29 is 19.4 Å². The summed E-state index contributed by atoms with van der Waals surface area (Å²) in [5.41, 5.74) is 1.52. The van der Waals surface area contributed by atoms with Crippen molar-refractivity contribution in [2.75, 3.05) is 0 Å². The molecule has 2 atom stereocenters. The quantitative estimate of drug-likeness (QED) is 0.571. The van der Waals surface area contributed by atoms with Gasteiger partial charge in [0.2, 0.25) is 0 Å². The summed E-state index contributed by atoms with van der Waals surface area (Å²) in [5, 5.41) is 9.73. The molecular formula is C22H16O4. The average molecular weight is 344 g/mol. The third-order valence-corrected chi connectivity index (χ3v) is 4.54. The first kappa shape index (κ1) is 16.1. The van der Waals surface area contributed by atoms with Gasteiger partial charge in [0.25, 0.3) is 0 Å². The molecule has 4 heteroatoms. The number of hydrogen-bond acceptors (Lipinski definition) is 4. The molecule has 0 aromatic heterocycles.